The molecule has 3 heterocycles. The molecular formula is C22H23N3O5. The quantitative estimate of drug-likeness (QED) is 0.678. The lowest BCUT2D eigenvalue weighted by molar-refractivity contribution is -0.131. The van der Waals surface area contributed by atoms with Gasteiger partial charge in [-0.1, -0.05) is 18.2 Å². The minimum atomic E-state index is -0.643. The first-order valence-corrected chi connectivity index (χ1v) is 9.65. The fraction of sp³-hybridized carbons (Fsp3) is 0.318. The van der Waals surface area contributed by atoms with Crippen LogP contribution >= 0.6 is 0 Å². The standard InChI is InChI=1S/C22H23N3O5/c1-28-14-6-7-15(18(11-14)29-2)25-22(27)20-17-9-8-16(30-17)19(20)21(26)24-12-13-5-3-4-10-23-13/h3-11,16-17,19-20H,12H2,1-2H3,(H,24,26)(H,25,27). The summed E-state index contributed by atoms with van der Waals surface area (Å²) in [4.78, 5) is 30.2. The summed E-state index contributed by atoms with van der Waals surface area (Å²) in [5.74, 6) is -0.711. The number of fused-ring (bicyclic) bond motifs is 2. The van der Waals surface area contributed by atoms with Gasteiger partial charge in [-0.25, -0.2) is 0 Å². The van der Waals surface area contributed by atoms with Gasteiger partial charge in [0.2, 0.25) is 11.8 Å². The number of rotatable bonds is 7. The zero-order valence-electron chi connectivity index (χ0n) is 16.7. The monoisotopic (exact) mass is 409 g/mol. The molecular weight excluding hydrogens is 386 g/mol. The zero-order valence-corrected chi connectivity index (χ0v) is 16.7. The van der Waals surface area contributed by atoms with Gasteiger partial charge in [0.05, 0.1) is 56.2 Å². The van der Waals surface area contributed by atoms with Gasteiger partial charge in [-0.2, -0.15) is 0 Å². The number of aromatic nitrogens is 1. The molecule has 2 bridgehead atoms. The van der Waals surface area contributed by atoms with Crippen LogP contribution in [0.3, 0.4) is 0 Å². The summed E-state index contributed by atoms with van der Waals surface area (Å²) in [5.41, 5.74) is 1.25. The van der Waals surface area contributed by atoms with Crippen molar-refractivity contribution in [2.75, 3.05) is 19.5 Å². The average Bonchev–Trinajstić information content (AvgIpc) is 3.40. The van der Waals surface area contributed by atoms with Crippen molar-refractivity contribution in [2.45, 2.75) is 18.8 Å². The smallest absolute Gasteiger partial charge is 0.231 e. The third kappa shape index (κ3) is 3.86. The summed E-state index contributed by atoms with van der Waals surface area (Å²) < 4.78 is 16.4. The Labute approximate surface area is 174 Å². The van der Waals surface area contributed by atoms with Crippen LogP contribution in [0.25, 0.3) is 0 Å². The van der Waals surface area contributed by atoms with E-state index in [1.165, 1.54) is 7.11 Å². The number of amides is 2. The van der Waals surface area contributed by atoms with Crippen molar-refractivity contribution in [3.8, 4) is 11.5 Å². The molecule has 0 aliphatic carbocycles. The van der Waals surface area contributed by atoms with Gasteiger partial charge in [0.25, 0.3) is 0 Å². The summed E-state index contributed by atoms with van der Waals surface area (Å²) in [5, 5.41) is 5.75. The van der Waals surface area contributed by atoms with Crippen LogP contribution in [0.5, 0.6) is 11.5 Å². The fourth-order valence-corrected chi connectivity index (χ4v) is 3.85. The van der Waals surface area contributed by atoms with Crippen molar-refractivity contribution in [3.63, 3.8) is 0 Å². The van der Waals surface area contributed by atoms with Crippen LogP contribution in [-0.4, -0.2) is 43.2 Å². The van der Waals surface area contributed by atoms with Gasteiger partial charge in [-0.15, -0.1) is 0 Å². The molecule has 0 spiro atoms. The number of nitrogens with zero attached hydrogens (tertiary/aromatic N) is 1. The lowest BCUT2D eigenvalue weighted by Gasteiger charge is -2.24. The molecule has 4 atom stereocenters. The molecule has 1 aromatic heterocycles. The Kier molecular flexibility index (Phi) is 5.67. The summed E-state index contributed by atoms with van der Waals surface area (Å²) in [6.45, 7) is 0.290. The molecule has 0 radical (unpaired) electrons. The number of ether oxygens (including phenoxy) is 3. The van der Waals surface area contributed by atoms with Crippen molar-refractivity contribution in [3.05, 3.63) is 60.4 Å². The topological polar surface area (TPSA) is 98.8 Å². The van der Waals surface area contributed by atoms with Crippen LogP contribution in [-0.2, 0) is 20.9 Å². The molecule has 0 saturated carbocycles. The van der Waals surface area contributed by atoms with Crippen LogP contribution in [0.2, 0.25) is 0 Å². The van der Waals surface area contributed by atoms with Gasteiger partial charge in [-0.05, 0) is 24.3 Å². The normalized spacial score (nSPS) is 23.8. The number of nitrogens with one attached hydrogen (secondary N) is 2. The minimum absolute atomic E-state index is 0.237. The Balaban J connectivity index is 1.48. The van der Waals surface area contributed by atoms with E-state index in [0.29, 0.717) is 17.2 Å². The Hall–Kier alpha value is -3.39. The largest absolute Gasteiger partial charge is 0.497 e. The zero-order chi connectivity index (χ0) is 21.1. The van der Waals surface area contributed by atoms with E-state index in [1.807, 2.05) is 30.4 Å². The molecule has 2 aliphatic rings. The third-order valence-corrected chi connectivity index (χ3v) is 5.34. The number of hydrogen-bond acceptors (Lipinski definition) is 6. The van der Waals surface area contributed by atoms with E-state index in [-0.39, 0.29) is 18.4 Å². The number of pyridine rings is 1. The first-order valence-electron chi connectivity index (χ1n) is 9.65. The van der Waals surface area contributed by atoms with Crippen molar-refractivity contribution < 1.29 is 23.8 Å². The maximum atomic E-state index is 13.1. The van der Waals surface area contributed by atoms with E-state index < -0.39 is 24.0 Å². The van der Waals surface area contributed by atoms with Crippen LogP contribution in [0.1, 0.15) is 5.69 Å². The number of benzene rings is 1. The van der Waals surface area contributed by atoms with E-state index in [4.69, 9.17) is 14.2 Å². The molecule has 4 rings (SSSR count). The maximum Gasteiger partial charge on any atom is 0.231 e. The highest BCUT2D eigenvalue weighted by molar-refractivity contribution is 5.98. The van der Waals surface area contributed by atoms with Gasteiger partial charge < -0.3 is 24.8 Å². The molecule has 2 N–H and O–H groups in total. The summed E-state index contributed by atoms with van der Waals surface area (Å²) in [7, 11) is 3.07. The van der Waals surface area contributed by atoms with E-state index in [2.05, 4.69) is 15.6 Å². The molecule has 2 aromatic rings. The number of methoxy groups -OCH3 is 2. The van der Waals surface area contributed by atoms with Crippen LogP contribution in [0.4, 0.5) is 5.69 Å². The molecule has 1 fully saturated rings. The van der Waals surface area contributed by atoms with E-state index in [9.17, 15) is 9.59 Å². The van der Waals surface area contributed by atoms with Crippen molar-refractivity contribution in [1.29, 1.82) is 0 Å². The molecule has 1 saturated heterocycles. The van der Waals surface area contributed by atoms with E-state index >= 15 is 0 Å². The highest BCUT2D eigenvalue weighted by atomic mass is 16.5. The number of carbonyl (C=O) groups is 2. The van der Waals surface area contributed by atoms with Gasteiger partial charge in [-0.3, -0.25) is 14.6 Å². The molecule has 8 heteroatoms. The van der Waals surface area contributed by atoms with Gasteiger partial charge in [0.15, 0.2) is 0 Å². The van der Waals surface area contributed by atoms with Crippen LogP contribution in [0, 0.1) is 11.8 Å². The molecule has 8 nitrogen and oxygen atoms in total. The SMILES string of the molecule is COc1ccc(NC(=O)C2C3C=CC(O3)C2C(=O)NCc2ccccn2)c(OC)c1. The predicted octanol–water partition coefficient (Wildman–Crippen LogP) is 1.92. The number of hydrogen-bond donors (Lipinski definition) is 2. The maximum absolute atomic E-state index is 13.1. The van der Waals surface area contributed by atoms with Gasteiger partial charge >= 0.3 is 0 Å². The van der Waals surface area contributed by atoms with Crippen molar-refractivity contribution in [1.82, 2.24) is 10.3 Å². The molecule has 2 aliphatic heterocycles. The van der Waals surface area contributed by atoms with Crippen LogP contribution < -0.4 is 20.1 Å². The number of anilines is 1. The summed E-state index contributed by atoms with van der Waals surface area (Å²) in [6, 6.07) is 10.6. The Morgan fingerprint density at radius 2 is 1.80 bits per heavy atom. The molecule has 156 valence electrons. The lowest BCUT2D eigenvalue weighted by atomic mass is 9.81. The molecule has 2 amide bonds. The summed E-state index contributed by atoms with van der Waals surface area (Å²) in [6.07, 6.45) is 4.48. The van der Waals surface area contributed by atoms with E-state index in [0.717, 1.165) is 5.69 Å². The number of carbonyl (C=O) groups excluding carboxylic acids is 2. The first kappa shape index (κ1) is 19.9. The van der Waals surface area contributed by atoms with Gasteiger partial charge in [0, 0.05) is 12.3 Å². The minimum Gasteiger partial charge on any atom is -0.497 e. The summed E-state index contributed by atoms with van der Waals surface area (Å²) >= 11 is 0. The fourth-order valence-electron chi connectivity index (χ4n) is 3.85. The molecule has 4 unspecified atom stereocenters. The Morgan fingerprint density at radius 1 is 1.03 bits per heavy atom. The second-order valence-corrected chi connectivity index (χ2v) is 7.10. The van der Waals surface area contributed by atoms with Crippen LogP contribution in [0.15, 0.2) is 54.7 Å². The Morgan fingerprint density at radius 3 is 2.47 bits per heavy atom. The van der Waals surface area contributed by atoms with E-state index in [1.54, 1.807) is 31.5 Å². The average molecular weight is 409 g/mol. The van der Waals surface area contributed by atoms with Crippen molar-refractivity contribution >= 4 is 17.5 Å². The second-order valence-electron chi connectivity index (χ2n) is 7.10. The Bertz CT molecular complexity index is 963. The predicted molar refractivity (Wildman–Crippen MR) is 109 cm³/mol. The molecule has 1 aromatic carbocycles. The third-order valence-electron chi connectivity index (χ3n) is 5.34. The lowest BCUT2D eigenvalue weighted by Crippen LogP contribution is -2.44. The molecule has 30 heavy (non-hydrogen) atoms. The highest BCUT2D eigenvalue weighted by Gasteiger charge is 2.52. The second kappa shape index (κ2) is 8.54. The first-order chi connectivity index (χ1) is 14.6. The van der Waals surface area contributed by atoms with Gasteiger partial charge in [0.1, 0.15) is 11.5 Å². The highest BCUT2D eigenvalue weighted by Crippen LogP contribution is 2.40. The van der Waals surface area contributed by atoms with Crippen molar-refractivity contribution in [2.24, 2.45) is 11.8 Å².